The van der Waals surface area contributed by atoms with E-state index in [1.165, 1.54) is 18.6 Å². The molecule has 22 heavy (non-hydrogen) atoms. The molecule has 2 atom stereocenters. The zero-order valence-electron chi connectivity index (χ0n) is 12.9. The van der Waals surface area contributed by atoms with Crippen LogP contribution in [-0.2, 0) is 9.53 Å². The summed E-state index contributed by atoms with van der Waals surface area (Å²) in [6.45, 7) is 3.79. The average molecular weight is 307 g/mol. The lowest BCUT2D eigenvalue weighted by atomic mass is 9.89. The fraction of sp³-hybridized carbons (Fsp3) is 0.562. The van der Waals surface area contributed by atoms with Gasteiger partial charge in [-0.25, -0.2) is 4.79 Å². The summed E-state index contributed by atoms with van der Waals surface area (Å²) in [5.41, 5.74) is 0.570. The van der Waals surface area contributed by atoms with Crippen molar-refractivity contribution in [2.45, 2.75) is 45.6 Å². The van der Waals surface area contributed by atoms with E-state index in [1.807, 2.05) is 0 Å². The summed E-state index contributed by atoms with van der Waals surface area (Å²) in [6.07, 6.45) is 4.35. The Morgan fingerprint density at radius 1 is 1.41 bits per heavy atom. The summed E-state index contributed by atoms with van der Waals surface area (Å²) in [6, 6.07) is 4.20. The normalized spacial score (nSPS) is 21.4. The Morgan fingerprint density at radius 2 is 2.18 bits per heavy atom. The summed E-state index contributed by atoms with van der Waals surface area (Å²) in [5.74, 6) is 0.301. The van der Waals surface area contributed by atoms with E-state index in [0.717, 1.165) is 19.3 Å². The fourth-order valence-electron chi connectivity index (χ4n) is 2.68. The second-order valence-corrected chi connectivity index (χ2v) is 5.89. The van der Waals surface area contributed by atoms with E-state index in [-0.39, 0.29) is 24.1 Å². The lowest BCUT2D eigenvalue weighted by Gasteiger charge is -2.26. The molecule has 0 saturated heterocycles. The maximum atomic E-state index is 11.9. The molecule has 1 saturated carbocycles. The van der Waals surface area contributed by atoms with Crippen molar-refractivity contribution >= 4 is 11.7 Å². The number of hydrogen-bond donors (Lipinski definition) is 0. The van der Waals surface area contributed by atoms with Gasteiger partial charge in [0.2, 0.25) is 0 Å². The number of ether oxygens (including phenoxy) is 2. The number of nitro benzene ring substituents is 1. The first-order valence-electron chi connectivity index (χ1n) is 7.53. The average Bonchev–Trinajstić information content (AvgIpc) is 2.47. The number of rotatable bonds is 5. The molecule has 0 spiro atoms. The van der Waals surface area contributed by atoms with Gasteiger partial charge in [-0.3, -0.25) is 10.1 Å². The van der Waals surface area contributed by atoms with Crippen LogP contribution in [0.4, 0.5) is 5.69 Å². The molecule has 1 aromatic carbocycles. The van der Waals surface area contributed by atoms with Gasteiger partial charge in [-0.05, 0) is 37.3 Å². The Kier molecular flexibility index (Phi) is 5.49. The molecule has 0 heterocycles. The minimum Gasteiger partial charge on any atom is -0.424 e. The molecule has 0 N–H and O–H groups in total. The van der Waals surface area contributed by atoms with Gasteiger partial charge in [0.25, 0.3) is 5.69 Å². The third-order valence-electron chi connectivity index (χ3n) is 3.93. The third kappa shape index (κ3) is 4.53. The standard InChI is InChI=1S/C16H21NO5/c1-11-4-3-5-14(8-11)21-10-16(18)22-15-9-13(17(19)20)7-6-12(15)2/h6-7,9,11,14H,3-5,8,10H2,1-2H3. The SMILES string of the molecule is Cc1ccc([N+](=O)[O-])cc1OC(=O)COC1CCCC(C)C1. The number of esters is 1. The van der Waals surface area contributed by atoms with Gasteiger partial charge in [-0.1, -0.05) is 19.8 Å². The van der Waals surface area contributed by atoms with E-state index < -0.39 is 10.9 Å². The Labute approximate surface area is 129 Å². The molecule has 1 aliphatic carbocycles. The molecule has 120 valence electrons. The van der Waals surface area contributed by atoms with Crippen molar-refractivity contribution in [3.63, 3.8) is 0 Å². The first-order chi connectivity index (χ1) is 10.5. The molecule has 2 rings (SSSR count). The van der Waals surface area contributed by atoms with Crippen LogP contribution < -0.4 is 4.74 Å². The second kappa shape index (κ2) is 7.35. The monoisotopic (exact) mass is 307 g/mol. The van der Waals surface area contributed by atoms with Gasteiger partial charge in [0.05, 0.1) is 17.1 Å². The minimum absolute atomic E-state index is 0.0995. The quantitative estimate of drug-likeness (QED) is 0.360. The molecule has 0 aliphatic heterocycles. The van der Waals surface area contributed by atoms with Crippen LogP contribution in [0.1, 0.15) is 38.2 Å². The van der Waals surface area contributed by atoms with Crippen molar-refractivity contribution in [3.8, 4) is 5.75 Å². The maximum Gasteiger partial charge on any atom is 0.337 e. The Hall–Kier alpha value is -1.95. The second-order valence-electron chi connectivity index (χ2n) is 5.89. The van der Waals surface area contributed by atoms with Crippen molar-refractivity contribution in [3.05, 3.63) is 33.9 Å². The number of hydrogen-bond acceptors (Lipinski definition) is 5. The molecule has 2 unspecified atom stereocenters. The van der Waals surface area contributed by atoms with Crippen molar-refractivity contribution in [2.24, 2.45) is 5.92 Å². The number of carbonyl (C=O) groups excluding carboxylic acids is 1. The van der Waals surface area contributed by atoms with E-state index in [2.05, 4.69) is 6.92 Å². The fourth-order valence-corrected chi connectivity index (χ4v) is 2.68. The third-order valence-corrected chi connectivity index (χ3v) is 3.93. The summed E-state index contributed by atoms with van der Waals surface area (Å²) >= 11 is 0. The highest BCUT2D eigenvalue weighted by Crippen LogP contribution is 2.26. The lowest BCUT2D eigenvalue weighted by Crippen LogP contribution is -2.26. The Balaban J connectivity index is 1.89. The van der Waals surface area contributed by atoms with Gasteiger partial charge in [-0.15, -0.1) is 0 Å². The molecule has 0 amide bonds. The molecular weight excluding hydrogens is 286 g/mol. The minimum atomic E-state index is -0.526. The van der Waals surface area contributed by atoms with E-state index in [1.54, 1.807) is 13.0 Å². The van der Waals surface area contributed by atoms with Crippen LogP contribution in [0.15, 0.2) is 18.2 Å². The zero-order chi connectivity index (χ0) is 16.1. The topological polar surface area (TPSA) is 78.7 Å². The molecule has 1 fully saturated rings. The maximum absolute atomic E-state index is 11.9. The molecule has 1 aliphatic rings. The van der Waals surface area contributed by atoms with Crippen LogP contribution in [0.5, 0.6) is 5.75 Å². The van der Waals surface area contributed by atoms with Crippen molar-refractivity contribution < 1.29 is 19.2 Å². The highest BCUT2D eigenvalue weighted by atomic mass is 16.6. The first-order valence-corrected chi connectivity index (χ1v) is 7.53. The largest absolute Gasteiger partial charge is 0.424 e. The predicted molar refractivity (Wildman–Crippen MR) is 80.8 cm³/mol. The molecule has 0 radical (unpaired) electrons. The van der Waals surface area contributed by atoms with Gasteiger partial charge in [-0.2, -0.15) is 0 Å². The van der Waals surface area contributed by atoms with Crippen molar-refractivity contribution in [1.29, 1.82) is 0 Å². The Bertz CT molecular complexity index is 557. The number of nitrogens with zero attached hydrogens (tertiary/aromatic N) is 1. The smallest absolute Gasteiger partial charge is 0.337 e. The number of benzene rings is 1. The van der Waals surface area contributed by atoms with E-state index in [9.17, 15) is 14.9 Å². The number of nitro groups is 1. The van der Waals surface area contributed by atoms with E-state index >= 15 is 0 Å². The first kappa shape index (κ1) is 16.4. The van der Waals surface area contributed by atoms with Crippen molar-refractivity contribution in [1.82, 2.24) is 0 Å². The molecule has 0 aromatic heterocycles. The van der Waals surface area contributed by atoms with Gasteiger partial charge >= 0.3 is 5.97 Å². The zero-order valence-corrected chi connectivity index (χ0v) is 12.9. The highest BCUT2D eigenvalue weighted by molar-refractivity contribution is 5.74. The molecule has 6 heteroatoms. The molecule has 0 bridgehead atoms. The predicted octanol–water partition coefficient (Wildman–Crippen LogP) is 3.40. The van der Waals surface area contributed by atoms with Crippen LogP contribution in [0.2, 0.25) is 0 Å². The summed E-state index contributed by atoms with van der Waals surface area (Å²) in [7, 11) is 0. The summed E-state index contributed by atoms with van der Waals surface area (Å²) in [5, 5.41) is 10.8. The van der Waals surface area contributed by atoms with E-state index in [4.69, 9.17) is 9.47 Å². The summed E-state index contributed by atoms with van der Waals surface area (Å²) < 4.78 is 10.8. The van der Waals surface area contributed by atoms with Gasteiger partial charge in [0.1, 0.15) is 12.4 Å². The number of carbonyl (C=O) groups is 1. The molecule has 6 nitrogen and oxygen atoms in total. The van der Waals surface area contributed by atoms with Crippen molar-refractivity contribution in [2.75, 3.05) is 6.61 Å². The van der Waals surface area contributed by atoms with Gasteiger partial charge < -0.3 is 9.47 Å². The van der Waals surface area contributed by atoms with Crippen LogP contribution in [0.3, 0.4) is 0 Å². The van der Waals surface area contributed by atoms with Crippen LogP contribution >= 0.6 is 0 Å². The molecule has 1 aromatic rings. The highest BCUT2D eigenvalue weighted by Gasteiger charge is 2.21. The van der Waals surface area contributed by atoms with Gasteiger partial charge in [0.15, 0.2) is 0 Å². The van der Waals surface area contributed by atoms with E-state index in [0.29, 0.717) is 11.5 Å². The van der Waals surface area contributed by atoms with Gasteiger partial charge in [0, 0.05) is 6.07 Å². The van der Waals surface area contributed by atoms with Crippen LogP contribution in [-0.4, -0.2) is 23.6 Å². The number of non-ortho nitro benzene ring substituents is 1. The van der Waals surface area contributed by atoms with Crippen LogP contribution in [0.25, 0.3) is 0 Å². The summed E-state index contributed by atoms with van der Waals surface area (Å²) in [4.78, 5) is 22.1. The number of aryl methyl sites for hydroxylation is 1. The molecular formula is C16H21NO5. The lowest BCUT2D eigenvalue weighted by molar-refractivity contribution is -0.384. The Morgan fingerprint density at radius 3 is 2.86 bits per heavy atom. The van der Waals surface area contributed by atoms with Crippen LogP contribution in [0, 0.1) is 23.0 Å².